The van der Waals surface area contributed by atoms with Gasteiger partial charge in [-0.1, -0.05) is 42.5 Å². The van der Waals surface area contributed by atoms with Gasteiger partial charge in [0.05, 0.1) is 22.9 Å². The van der Waals surface area contributed by atoms with Gasteiger partial charge < -0.3 is 4.74 Å². The van der Waals surface area contributed by atoms with Crippen molar-refractivity contribution in [1.29, 1.82) is 0 Å². The van der Waals surface area contributed by atoms with Crippen LogP contribution in [0, 0.1) is 0 Å². The van der Waals surface area contributed by atoms with Crippen molar-refractivity contribution in [2.24, 2.45) is 0 Å². The Morgan fingerprint density at radius 3 is 2.46 bits per heavy atom. The van der Waals surface area contributed by atoms with Gasteiger partial charge in [0.25, 0.3) is 0 Å². The van der Waals surface area contributed by atoms with Crippen LogP contribution in [0.5, 0.6) is 0 Å². The van der Waals surface area contributed by atoms with Gasteiger partial charge in [0.1, 0.15) is 0 Å². The molecule has 0 saturated heterocycles. The van der Waals surface area contributed by atoms with E-state index in [2.05, 4.69) is 4.98 Å². The number of nitrogens with zero attached hydrogens (tertiary/aromatic N) is 3. The minimum atomic E-state index is -3.26. The molecule has 0 spiro atoms. The van der Waals surface area contributed by atoms with E-state index in [1.54, 1.807) is 24.4 Å². The fourth-order valence-electron chi connectivity index (χ4n) is 4.11. The molecule has 0 bridgehead atoms. The van der Waals surface area contributed by atoms with Gasteiger partial charge in [0.15, 0.2) is 15.5 Å². The van der Waals surface area contributed by atoms with Crippen LogP contribution < -0.4 is 0 Å². The molecule has 9 heteroatoms. The Kier molecular flexibility index (Phi) is 6.29. The summed E-state index contributed by atoms with van der Waals surface area (Å²) in [4.78, 5) is 17.0. The zero-order valence-corrected chi connectivity index (χ0v) is 21.1. The second-order valence-corrected chi connectivity index (χ2v) is 11.4. The second-order valence-electron chi connectivity index (χ2n) is 8.59. The maximum Gasteiger partial charge on any atom is 0.357 e. The number of aromatic nitrogens is 3. The first-order valence-electron chi connectivity index (χ1n) is 11.4. The van der Waals surface area contributed by atoms with Crippen molar-refractivity contribution >= 4 is 27.1 Å². The van der Waals surface area contributed by atoms with Crippen LogP contribution in [-0.2, 0) is 21.0 Å². The van der Waals surface area contributed by atoms with E-state index in [0.717, 1.165) is 40.9 Å². The summed E-state index contributed by atoms with van der Waals surface area (Å²) >= 11 is 1.37. The molecule has 1 fully saturated rings. The molecule has 0 amide bonds. The number of sulfone groups is 1. The molecule has 35 heavy (non-hydrogen) atoms. The van der Waals surface area contributed by atoms with Gasteiger partial charge in [-0.15, -0.1) is 11.3 Å². The smallest absolute Gasteiger partial charge is 0.357 e. The number of benzene rings is 2. The van der Waals surface area contributed by atoms with E-state index < -0.39 is 15.8 Å². The number of carbonyl (C=O) groups excluding carboxylic acids is 1. The van der Waals surface area contributed by atoms with Gasteiger partial charge in [-0.05, 0) is 37.5 Å². The third-order valence-electron chi connectivity index (χ3n) is 5.92. The summed E-state index contributed by atoms with van der Waals surface area (Å²) in [6, 6.07) is 17.0. The molecule has 1 aliphatic carbocycles. The lowest BCUT2D eigenvalue weighted by atomic mass is 9.97. The van der Waals surface area contributed by atoms with Crippen molar-refractivity contribution in [3.63, 3.8) is 0 Å². The Balaban J connectivity index is 1.61. The van der Waals surface area contributed by atoms with Gasteiger partial charge >= 0.3 is 5.97 Å². The van der Waals surface area contributed by atoms with Crippen molar-refractivity contribution in [3.8, 4) is 16.4 Å². The SMILES string of the molecule is CCOC(=O)c1csc(-n2nc(-c3ccccc3)c(Cc3ccc(S(C)(=O)=O)cc3)c2C2CC2)n1. The average Bonchev–Trinajstić information content (AvgIpc) is 3.43. The van der Waals surface area contributed by atoms with Crippen molar-refractivity contribution in [1.82, 2.24) is 14.8 Å². The topological polar surface area (TPSA) is 91.2 Å². The molecule has 180 valence electrons. The fourth-order valence-corrected chi connectivity index (χ4v) is 5.49. The van der Waals surface area contributed by atoms with Crippen LogP contribution in [-0.4, -0.2) is 42.0 Å². The lowest BCUT2D eigenvalue weighted by molar-refractivity contribution is 0.0520. The lowest BCUT2D eigenvalue weighted by Gasteiger charge is -2.09. The van der Waals surface area contributed by atoms with Crippen molar-refractivity contribution in [3.05, 3.63) is 82.5 Å². The molecular weight excluding hydrogens is 482 g/mol. The van der Waals surface area contributed by atoms with Crippen molar-refractivity contribution < 1.29 is 17.9 Å². The number of hydrogen-bond donors (Lipinski definition) is 0. The van der Waals surface area contributed by atoms with Crippen molar-refractivity contribution in [2.45, 2.75) is 37.0 Å². The van der Waals surface area contributed by atoms with Gasteiger partial charge in [-0.2, -0.15) is 5.10 Å². The summed E-state index contributed by atoms with van der Waals surface area (Å²) in [5, 5.41) is 7.34. The highest BCUT2D eigenvalue weighted by Gasteiger charge is 2.34. The van der Waals surface area contributed by atoms with Crippen LogP contribution in [0.3, 0.4) is 0 Å². The molecule has 5 rings (SSSR count). The van der Waals surface area contributed by atoms with E-state index in [0.29, 0.717) is 29.0 Å². The molecule has 0 atom stereocenters. The molecule has 2 aromatic heterocycles. The van der Waals surface area contributed by atoms with Crippen LogP contribution in [0.2, 0.25) is 0 Å². The summed E-state index contributed by atoms with van der Waals surface area (Å²) in [6.07, 6.45) is 3.95. The first-order chi connectivity index (χ1) is 16.8. The van der Waals surface area contributed by atoms with E-state index in [4.69, 9.17) is 9.84 Å². The summed E-state index contributed by atoms with van der Waals surface area (Å²) in [5.41, 5.74) is 5.34. The normalized spacial score (nSPS) is 13.7. The quantitative estimate of drug-likeness (QED) is 0.310. The molecule has 7 nitrogen and oxygen atoms in total. The number of carbonyl (C=O) groups is 1. The predicted molar refractivity (Wildman–Crippen MR) is 135 cm³/mol. The standard InChI is InChI=1S/C26H25N3O4S2/c1-3-33-25(30)22-16-34-26(27-22)29-24(19-11-12-19)21(23(28-29)18-7-5-4-6-8-18)15-17-9-13-20(14-10-17)35(2,31)32/h4-10,13-14,16,19H,3,11-12,15H2,1-2H3. The van der Waals surface area contributed by atoms with Gasteiger partial charge in [-0.25, -0.2) is 22.9 Å². The highest BCUT2D eigenvalue weighted by Crippen LogP contribution is 2.45. The third-order valence-corrected chi connectivity index (χ3v) is 7.87. The summed E-state index contributed by atoms with van der Waals surface area (Å²) in [6.45, 7) is 2.06. The third kappa shape index (κ3) is 4.92. The van der Waals surface area contributed by atoms with E-state index in [9.17, 15) is 13.2 Å². The van der Waals surface area contributed by atoms with E-state index in [1.807, 2.05) is 47.1 Å². The van der Waals surface area contributed by atoms with Crippen LogP contribution in [0.1, 0.15) is 53.0 Å². The zero-order valence-electron chi connectivity index (χ0n) is 19.5. The number of rotatable bonds is 8. The molecular formula is C26H25N3O4S2. The van der Waals surface area contributed by atoms with E-state index in [-0.39, 0.29) is 5.69 Å². The van der Waals surface area contributed by atoms with Crippen LogP contribution in [0.15, 0.2) is 64.9 Å². The Labute approximate surface area is 208 Å². The molecule has 2 heterocycles. The van der Waals surface area contributed by atoms with Gasteiger partial charge in [-0.3, -0.25) is 0 Å². The average molecular weight is 508 g/mol. The Morgan fingerprint density at radius 2 is 1.83 bits per heavy atom. The number of hydrogen-bond acceptors (Lipinski definition) is 7. The van der Waals surface area contributed by atoms with E-state index in [1.165, 1.54) is 17.6 Å². The van der Waals surface area contributed by atoms with Crippen LogP contribution >= 0.6 is 11.3 Å². The van der Waals surface area contributed by atoms with E-state index >= 15 is 0 Å². The number of ether oxygens (including phenoxy) is 1. The minimum Gasteiger partial charge on any atom is -0.461 e. The molecule has 1 saturated carbocycles. The predicted octanol–water partition coefficient (Wildman–Crippen LogP) is 5.04. The van der Waals surface area contributed by atoms with Gasteiger partial charge in [0, 0.05) is 35.1 Å². The summed E-state index contributed by atoms with van der Waals surface area (Å²) in [7, 11) is -3.26. The fraction of sp³-hybridized carbons (Fsp3) is 0.269. The summed E-state index contributed by atoms with van der Waals surface area (Å²) in [5.74, 6) is -0.0789. The van der Waals surface area contributed by atoms with Crippen molar-refractivity contribution in [2.75, 3.05) is 12.9 Å². The monoisotopic (exact) mass is 507 g/mol. The van der Waals surface area contributed by atoms with Crippen LogP contribution in [0.4, 0.5) is 0 Å². The maximum atomic E-state index is 12.2. The minimum absolute atomic E-state index is 0.281. The number of thiazole rings is 1. The molecule has 0 aliphatic heterocycles. The number of esters is 1. The second kappa shape index (κ2) is 9.39. The molecule has 2 aromatic carbocycles. The Hall–Kier alpha value is -3.30. The first kappa shape index (κ1) is 23.4. The highest BCUT2D eigenvalue weighted by molar-refractivity contribution is 7.90. The lowest BCUT2D eigenvalue weighted by Crippen LogP contribution is -2.07. The molecule has 4 aromatic rings. The largest absolute Gasteiger partial charge is 0.461 e. The highest BCUT2D eigenvalue weighted by atomic mass is 32.2. The molecule has 0 N–H and O–H groups in total. The summed E-state index contributed by atoms with van der Waals surface area (Å²) < 4.78 is 30.8. The maximum absolute atomic E-state index is 12.2. The Bertz CT molecular complexity index is 1470. The molecule has 1 aliphatic rings. The Morgan fingerprint density at radius 1 is 1.11 bits per heavy atom. The molecule has 0 radical (unpaired) electrons. The molecule has 0 unspecified atom stereocenters. The van der Waals surface area contributed by atoms with Gasteiger partial charge in [0.2, 0.25) is 5.13 Å². The first-order valence-corrected chi connectivity index (χ1v) is 14.2. The zero-order chi connectivity index (χ0) is 24.6. The van der Waals surface area contributed by atoms with Crippen LogP contribution in [0.25, 0.3) is 16.4 Å².